The van der Waals surface area contributed by atoms with Gasteiger partial charge in [0.25, 0.3) is 5.56 Å². The molecule has 0 aliphatic rings. The zero-order valence-corrected chi connectivity index (χ0v) is 25.1. The second kappa shape index (κ2) is 15.9. The van der Waals surface area contributed by atoms with E-state index < -0.39 is 11.6 Å². The van der Waals surface area contributed by atoms with Crippen molar-refractivity contribution in [2.45, 2.75) is 104 Å². The Kier molecular flexibility index (Phi) is 12.4. The zero-order valence-electron chi connectivity index (χ0n) is 25.1. The number of aryl methyl sites for hydroxylation is 2. The Morgan fingerprint density at radius 3 is 2.29 bits per heavy atom. The third-order valence-corrected chi connectivity index (χ3v) is 7.01. The molecule has 8 nitrogen and oxygen atoms in total. The van der Waals surface area contributed by atoms with E-state index in [0.29, 0.717) is 44.0 Å². The number of ether oxygens (including phenoxy) is 2. The van der Waals surface area contributed by atoms with Crippen LogP contribution in [0.2, 0.25) is 0 Å². The number of carbonyl (C=O) groups is 1. The van der Waals surface area contributed by atoms with E-state index in [9.17, 15) is 14.4 Å². The van der Waals surface area contributed by atoms with Gasteiger partial charge in [0.2, 0.25) is 0 Å². The van der Waals surface area contributed by atoms with Crippen LogP contribution >= 0.6 is 0 Å². The molecular formula is C33H45N3O5. The number of carbonyl (C=O) groups excluding carboxylic acids is 1. The van der Waals surface area contributed by atoms with Crippen LogP contribution in [-0.2, 0) is 35.5 Å². The van der Waals surface area contributed by atoms with Crippen LogP contribution in [-0.4, -0.2) is 32.5 Å². The lowest BCUT2D eigenvalue weighted by molar-refractivity contribution is -0.158. The molecule has 0 saturated carbocycles. The molecule has 3 aromatic rings. The zero-order chi connectivity index (χ0) is 29.7. The van der Waals surface area contributed by atoms with E-state index >= 15 is 0 Å². The van der Waals surface area contributed by atoms with Crippen LogP contribution in [0, 0.1) is 0 Å². The smallest absolute Gasteiger partial charge is 0.349 e. The summed E-state index contributed by atoms with van der Waals surface area (Å²) < 4.78 is 13.9. The molecule has 0 atom stereocenters. The van der Waals surface area contributed by atoms with Crippen molar-refractivity contribution in [3.8, 4) is 5.75 Å². The second-order valence-corrected chi connectivity index (χ2v) is 10.9. The minimum Gasteiger partial charge on any atom is -0.476 e. The monoisotopic (exact) mass is 563 g/mol. The SMILES string of the molecule is CCCCCCCn1nc(Cc2ccccc2)c(=O)n(CCCCc2cccc(OC(C)(C)C(=O)OCC)c2)c1=O. The highest BCUT2D eigenvalue weighted by atomic mass is 16.6. The Bertz CT molecular complexity index is 1360. The van der Waals surface area contributed by atoms with E-state index in [1.54, 1.807) is 20.8 Å². The lowest BCUT2D eigenvalue weighted by Gasteiger charge is -2.24. The van der Waals surface area contributed by atoms with Gasteiger partial charge in [-0.25, -0.2) is 14.3 Å². The molecule has 3 rings (SSSR count). The molecule has 0 radical (unpaired) electrons. The summed E-state index contributed by atoms with van der Waals surface area (Å²) in [7, 11) is 0. The van der Waals surface area contributed by atoms with Gasteiger partial charge in [-0.3, -0.25) is 9.36 Å². The summed E-state index contributed by atoms with van der Waals surface area (Å²) in [6.07, 6.45) is 7.96. The number of hydrogen-bond acceptors (Lipinski definition) is 6. The molecule has 8 heteroatoms. The van der Waals surface area contributed by atoms with Crippen LogP contribution in [0.3, 0.4) is 0 Å². The van der Waals surface area contributed by atoms with Gasteiger partial charge in [-0.1, -0.05) is 75.1 Å². The highest BCUT2D eigenvalue weighted by Crippen LogP contribution is 2.22. The number of unbranched alkanes of at least 4 members (excludes halogenated alkanes) is 5. The van der Waals surface area contributed by atoms with E-state index in [1.165, 1.54) is 15.7 Å². The topological polar surface area (TPSA) is 92.4 Å². The fourth-order valence-corrected chi connectivity index (χ4v) is 4.73. The first-order chi connectivity index (χ1) is 19.7. The first-order valence-electron chi connectivity index (χ1n) is 14.9. The summed E-state index contributed by atoms with van der Waals surface area (Å²) >= 11 is 0. The molecule has 0 fully saturated rings. The normalized spacial score (nSPS) is 11.4. The highest BCUT2D eigenvalue weighted by molar-refractivity contribution is 5.79. The third kappa shape index (κ3) is 9.73. The van der Waals surface area contributed by atoms with E-state index in [1.807, 2.05) is 54.6 Å². The molecule has 0 unspecified atom stereocenters. The summed E-state index contributed by atoms with van der Waals surface area (Å²) in [6, 6.07) is 17.4. The maximum absolute atomic E-state index is 13.3. The van der Waals surface area contributed by atoms with Gasteiger partial charge in [0.1, 0.15) is 11.4 Å². The van der Waals surface area contributed by atoms with Crippen LogP contribution in [0.25, 0.3) is 0 Å². The minimum atomic E-state index is -1.09. The van der Waals surface area contributed by atoms with Gasteiger partial charge in [-0.15, -0.1) is 0 Å². The van der Waals surface area contributed by atoms with Crippen LogP contribution in [0.1, 0.15) is 89.5 Å². The molecule has 0 amide bonds. The quantitative estimate of drug-likeness (QED) is 0.154. The lowest BCUT2D eigenvalue weighted by Crippen LogP contribution is -2.43. The Morgan fingerprint density at radius 2 is 1.56 bits per heavy atom. The standard InChI is InChI=1S/C33H45N3O5/c1-5-7-8-9-14-23-36-32(39)35(30(37)29(34-36)25-27-17-11-10-12-18-27)22-15-13-19-26-20-16-21-28(24-26)41-33(3,4)31(38)40-6-2/h10-12,16-18,20-21,24H,5-9,13-15,19,22-23,25H2,1-4H3. The molecule has 0 spiro atoms. The number of hydrogen-bond donors (Lipinski definition) is 0. The van der Waals surface area contributed by atoms with Gasteiger partial charge < -0.3 is 9.47 Å². The molecule has 1 heterocycles. The van der Waals surface area contributed by atoms with Crippen molar-refractivity contribution in [3.05, 3.63) is 92.3 Å². The van der Waals surface area contributed by atoms with Crippen LogP contribution in [0.15, 0.2) is 64.2 Å². The highest BCUT2D eigenvalue weighted by Gasteiger charge is 2.31. The molecule has 0 aliphatic carbocycles. The van der Waals surface area contributed by atoms with Gasteiger partial charge in [0.15, 0.2) is 5.60 Å². The summed E-state index contributed by atoms with van der Waals surface area (Å²) in [5.41, 5.74) is 0.711. The number of aromatic nitrogens is 3. The average Bonchev–Trinajstić information content (AvgIpc) is 2.95. The predicted octanol–water partition coefficient (Wildman–Crippen LogP) is 5.71. The van der Waals surface area contributed by atoms with E-state index in [2.05, 4.69) is 12.0 Å². The molecule has 0 N–H and O–H groups in total. The van der Waals surface area contributed by atoms with E-state index in [-0.39, 0.29) is 11.2 Å². The average molecular weight is 564 g/mol. The Balaban J connectivity index is 1.68. The third-order valence-electron chi connectivity index (χ3n) is 7.01. The summed E-state index contributed by atoms with van der Waals surface area (Å²) in [6.45, 7) is 8.47. The predicted molar refractivity (Wildman–Crippen MR) is 161 cm³/mol. The molecule has 0 aliphatic heterocycles. The number of esters is 1. The van der Waals surface area contributed by atoms with Crippen LogP contribution in [0.4, 0.5) is 0 Å². The van der Waals surface area contributed by atoms with Crippen molar-refractivity contribution in [2.75, 3.05) is 6.61 Å². The van der Waals surface area contributed by atoms with Gasteiger partial charge in [-0.2, -0.15) is 5.10 Å². The molecule has 41 heavy (non-hydrogen) atoms. The number of nitrogens with zero attached hydrogens (tertiary/aromatic N) is 3. The molecule has 1 aromatic heterocycles. The van der Waals surface area contributed by atoms with Crippen molar-refractivity contribution in [3.63, 3.8) is 0 Å². The second-order valence-electron chi connectivity index (χ2n) is 10.9. The summed E-state index contributed by atoms with van der Waals surface area (Å²) in [5, 5.41) is 4.51. The van der Waals surface area contributed by atoms with Crippen molar-refractivity contribution >= 4 is 5.97 Å². The van der Waals surface area contributed by atoms with Gasteiger partial charge in [-0.05, 0) is 69.7 Å². The maximum atomic E-state index is 13.3. The van der Waals surface area contributed by atoms with Crippen molar-refractivity contribution < 1.29 is 14.3 Å². The van der Waals surface area contributed by atoms with Crippen LogP contribution in [0.5, 0.6) is 5.75 Å². The fourth-order valence-electron chi connectivity index (χ4n) is 4.73. The Labute approximate surface area is 243 Å². The van der Waals surface area contributed by atoms with Crippen molar-refractivity contribution in [1.29, 1.82) is 0 Å². The van der Waals surface area contributed by atoms with Gasteiger partial charge >= 0.3 is 11.7 Å². The molecule has 222 valence electrons. The molecule has 2 aromatic carbocycles. The first kappa shape index (κ1) is 31.8. The first-order valence-corrected chi connectivity index (χ1v) is 14.9. The largest absolute Gasteiger partial charge is 0.476 e. The Hall–Kier alpha value is -3.68. The van der Waals surface area contributed by atoms with Gasteiger partial charge in [0, 0.05) is 19.5 Å². The number of benzene rings is 2. The molecule has 0 bridgehead atoms. The van der Waals surface area contributed by atoms with Crippen LogP contribution < -0.4 is 16.0 Å². The Morgan fingerprint density at radius 1 is 0.854 bits per heavy atom. The lowest BCUT2D eigenvalue weighted by atomic mass is 10.1. The molecule has 0 saturated heterocycles. The number of rotatable bonds is 17. The van der Waals surface area contributed by atoms with Crippen molar-refractivity contribution in [2.24, 2.45) is 0 Å². The van der Waals surface area contributed by atoms with Gasteiger partial charge in [0.05, 0.1) is 6.61 Å². The maximum Gasteiger partial charge on any atom is 0.349 e. The fraction of sp³-hybridized carbons (Fsp3) is 0.515. The van der Waals surface area contributed by atoms with E-state index in [0.717, 1.165) is 49.7 Å². The summed E-state index contributed by atoms with van der Waals surface area (Å²) in [5.74, 6) is 0.185. The van der Waals surface area contributed by atoms with Crippen molar-refractivity contribution in [1.82, 2.24) is 14.3 Å². The molecular weight excluding hydrogens is 518 g/mol. The van der Waals surface area contributed by atoms with E-state index in [4.69, 9.17) is 9.47 Å². The summed E-state index contributed by atoms with van der Waals surface area (Å²) in [4.78, 5) is 38.8. The minimum absolute atomic E-state index is 0.296.